The minimum atomic E-state index is -1.55. The Morgan fingerprint density at radius 2 is 2.07 bits per heavy atom. The van der Waals surface area contributed by atoms with Gasteiger partial charge in [-0.2, -0.15) is 0 Å². The highest BCUT2D eigenvalue weighted by Gasteiger charge is 2.23. The van der Waals surface area contributed by atoms with Crippen molar-refractivity contribution in [2.24, 2.45) is 0 Å². The summed E-state index contributed by atoms with van der Waals surface area (Å²) in [5, 5.41) is 0. The van der Waals surface area contributed by atoms with Crippen molar-refractivity contribution >= 4 is 8.03 Å². The van der Waals surface area contributed by atoms with Crippen LogP contribution in [0.1, 0.15) is 58.3 Å². The van der Waals surface area contributed by atoms with Crippen LogP contribution in [-0.2, 0) is 9.09 Å². The standard InChI is InChI=1S/C12H22O2P/c1-2-3-4-8-11-15(13)14-12-9-6-5-7-10-12/h8,11-12H,2-7,9-10H2,1H3/q+1. The molecule has 0 aromatic heterocycles. The van der Waals surface area contributed by atoms with Gasteiger partial charge in [0.05, 0.1) is 0 Å². The molecule has 0 spiro atoms. The molecule has 0 aromatic rings. The van der Waals surface area contributed by atoms with Crippen molar-refractivity contribution < 1.29 is 9.09 Å². The first-order chi connectivity index (χ1) is 7.33. The second kappa shape index (κ2) is 8.01. The van der Waals surface area contributed by atoms with Crippen molar-refractivity contribution in [3.05, 3.63) is 11.9 Å². The Balaban J connectivity index is 2.13. The van der Waals surface area contributed by atoms with Crippen molar-refractivity contribution in [3.8, 4) is 0 Å². The first kappa shape index (κ1) is 12.9. The molecule has 1 saturated carbocycles. The van der Waals surface area contributed by atoms with Gasteiger partial charge in [-0.3, -0.25) is 0 Å². The Kier molecular flexibility index (Phi) is 6.87. The average molecular weight is 229 g/mol. The average Bonchev–Trinajstić information content (AvgIpc) is 2.26. The first-order valence-corrected chi connectivity index (χ1v) is 7.37. The molecule has 3 heteroatoms. The maximum Gasteiger partial charge on any atom is 0.540 e. The summed E-state index contributed by atoms with van der Waals surface area (Å²) in [7, 11) is -1.55. The van der Waals surface area contributed by atoms with Gasteiger partial charge in [-0.1, -0.05) is 32.6 Å². The lowest BCUT2D eigenvalue weighted by Crippen LogP contribution is -2.12. The minimum Gasteiger partial charge on any atom is -0.139 e. The molecule has 1 rings (SSSR count). The third kappa shape index (κ3) is 6.06. The van der Waals surface area contributed by atoms with Crippen LogP contribution in [0.15, 0.2) is 11.9 Å². The molecule has 1 aliphatic rings. The summed E-state index contributed by atoms with van der Waals surface area (Å²) in [6.07, 6.45) is 11.6. The predicted molar refractivity (Wildman–Crippen MR) is 64.2 cm³/mol. The molecule has 0 aliphatic heterocycles. The zero-order valence-corrected chi connectivity index (χ0v) is 10.5. The number of rotatable bonds is 6. The van der Waals surface area contributed by atoms with E-state index in [1.165, 1.54) is 32.1 Å². The van der Waals surface area contributed by atoms with E-state index in [2.05, 4.69) is 6.92 Å². The van der Waals surface area contributed by atoms with Crippen LogP contribution in [0.3, 0.4) is 0 Å². The van der Waals surface area contributed by atoms with Crippen LogP contribution >= 0.6 is 8.03 Å². The number of allylic oxidation sites excluding steroid dienone is 1. The molecule has 0 amide bonds. The molecule has 86 valence electrons. The van der Waals surface area contributed by atoms with Gasteiger partial charge in [-0.05, 0) is 36.3 Å². The molecule has 0 bridgehead atoms. The largest absolute Gasteiger partial charge is 0.540 e. The van der Waals surface area contributed by atoms with Gasteiger partial charge in [-0.15, -0.1) is 4.52 Å². The van der Waals surface area contributed by atoms with E-state index in [4.69, 9.17) is 4.52 Å². The predicted octanol–water partition coefficient (Wildman–Crippen LogP) is 4.78. The van der Waals surface area contributed by atoms with Gasteiger partial charge in [0.2, 0.25) is 0 Å². The lowest BCUT2D eigenvalue weighted by Gasteiger charge is -2.15. The van der Waals surface area contributed by atoms with E-state index in [1.807, 2.05) is 6.08 Å². The van der Waals surface area contributed by atoms with E-state index in [-0.39, 0.29) is 6.10 Å². The Labute approximate surface area is 94.0 Å². The number of hydrogen-bond donors (Lipinski definition) is 0. The summed E-state index contributed by atoms with van der Waals surface area (Å²) < 4.78 is 17.0. The quantitative estimate of drug-likeness (QED) is 0.484. The van der Waals surface area contributed by atoms with Gasteiger partial charge in [0.1, 0.15) is 6.10 Å². The number of unbranched alkanes of at least 4 members (excludes halogenated alkanes) is 2. The van der Waals surface area contributed by atoms with Crippen LogP contribution in [0.4, 0.5) is 0 Å². The van der Waals surface area contributed by atoms with Gasteiger partial charge >= 0.3 is 8.03 Å². The monoisotopic (exact) mass is 229 g/mol. The Hall–Kier alpha value is -0.200. The van der Waals surface area contributed by atoms with Crippen LogP contribution in [-0.4, -0.2) is 6.10 Å². The van der Waals surface area contributed by atoms with Gasteiger partial charge in [0.15, 0.2) is 5.82 Å². The molecule has 1 fully saturated rings. The number of hydrogen-bond acceptors (Lipinski definition) is 2. The summed E-state index contributed by atoms with van der Waals surface area (Å²) in [5.41, 5.74) is 0. The van der Waals surface area contributed by atoms with E-state index < -0.39 is 8.03 Å². The SMILES string of the molecule is CCCCC=C[P+](=O)OC1CCCCC1. The maximum atomic E-state index is 11.5. The highest BCUT2D eigenvalue weighted by atomic mass is 31.1. The highest BCUT2D eigenvalue weighted by molar-refractivity contribution is 7.42. The third-order valence-electron chi connectivity index (χ3n) is 2.76. The summed E-state index contributed by atoms with van der Waals surface area (Å²) >= 11 is 0. The summed E-state index contributed by atoms with van der Waals surface area (Å²) in [6, 6.07) is 0. The lowest BCUT2D eigenvalue weighted by molar-refractivity contribution is 0.168. The van der Waals surface area contributed by atoms with Crippen LogP contribution in [0, 0.1) is 0 Å². The molecule has 0 saturated heterocycles. The van der Waals surface area contributed by atoms with Gasteiger partial charge in [-0.25, -0.2) is 0 Å². The Bertz CT molecular complexity index is 208. The van der Waals surface area contributed by atoms with Crippen molar-refractivity contribution in [1.82, 2.24) is 0 Å². The van der Waals surface area contributed by atoms with E-state index >= 15 is 0 Å². The fraction of sp³-hybridized carbons (Fsp3) is 0.833. The normalized spacial score (nSPS) is 19.7. The zero-order chi connectivity index (χ0) is 10.9. The maximum absolute atomic E-state index is 11.5. The van der Waals surface area contributed by atoms with Gasteiger partial charge in [0.25, 0.3) is 0 Å². The fourth-order valence-corrected chi connectivity index (χ4v) is 2.73. The van der Waals surface area contributed by atoms with Crippen molar-refractivity contribution in [2.75, 3.05) is 0 Å². The molecule has 0 N–H and O–H groups in total. The molecule has 1 aliphatic carbocycles. The Morgan fingerprint density at radius 3 is 2.73 bits per heavy atom. The molecule has 0 radical (unpaired) electrons. The van der Waals surface area contributed by atoms with E-state index in [0.29, 0.717) is 0 Å². The van der Waals surface area contributed by atoms with Crippen molar-refractivity contribution in [2.45, 2.75) is 64.4 Å². The molecule has 1 atom stereocenters. The molecule has 0 aromatic carbocycles. The lowest BCUT2D eigenvalue weighted by atomic mass is 9.98. The molecule has 2 nitrogen and oxygen atoms in total. The second-order valence-electron chi connectivity index (χ2n) is 4.18. The van der Waals surface area contributed by atoms with Crippen LogP contribution in [0.5, 0.6) is 0 Å². The molecular weight excluding hydrogens is 207 g/mol. The van der Waals surface area contributed by atoms with Crippen LogP contribution in [0.2, 0.25) is 0 Å². The summed E-state index contributed by atoms with van der Waals surface area (Å²) in [5.74, 6) is 1.74. The van der Waals surface area contributed by atoms with Gasteiger partial charge < -0.3 is 0 Å². The van der Waals surface area contributed by atoms with E-state index in [9.17, 15) is 4.57 Å². The smallest absolute Gasteiger partial charge is 0.139 e. The fourth-order valence-electron chi connectivity index (χ4n) is 1.84. The van der Waals surface area contributed by atoms with Crippen LogP contribution < -0.4 is 0 Å². The van der Waals surface area contributed by atoms with Gasteiger partial charge in [0, 0.05) is 0 Å². The molecular formula is C12H22O2P+. The third-order valence-corrected chi connectivity index (χ3v) is 3.72. The Morgan fingerprint density at radius 1 is 1.33 bits per heavy atom. The molecule has 15 heavy (non-hydrogen) atoms. The highest BCUT2D eigenvalue weighted by Crippen LogP contribution is 2.32. The molecule has 1 unspecified atom stereocenters. The molecule has 0 heterocycles. The second-order valence-corrected chi connectivity index (χ2v) is 5.26. The topological polar surface area (TPSA) is 26.3 Å². The summed E-state index contributed by atoms with van der Waals surface area (Å²) in [6.45, 7) is 2.16. The first-order valence-electron chi connectivity index (χ1n) is 6.12. The van der Waals surface area contributed by atoms with Crippen LogP contribution in [0.25, 0.3) is 0 Å². The zero-order valence-electron chi connectivity index (χ0n) is 9.65. The van der Waals surface area contributed by atoms with E-state index in [1.54, 1.807) is 5.82 Å². The minimum absolute atomic E-state index is 0.248. The summed E-state index contributed by atoms with van der Waals surface area (Å²) in [4.78, 5) is 0. The van der Waals surface area contributed by atoms with Crippen molar-refractivity contribution in [3.63, 3.8) is 0 Å². The van der Waals surface area contributed by atoms with E-state index in [0.717, 1.165) is 19.3 Å². The van der Waals surface area contributed by atoms with Crippen molar-refractivity contribution in [1.29, 1.82) is 0 Å².